The highest BCUT2D eigenvalue weighted by molar-refractivity contribution is 6.22. The molecule has 2 heterocycles. The van der Waals surface area contributed by atoms with Crippen molar-refractivity contribution in [3.63, 3.8) is 0 Å². The third-order valence-corrected chi connectivity index (χ3v) is 5.44. The number of aryl methyl sites for hydroxylation is 1. The molecule has 168 valence electrons. The Morgan fingerprint density at radius 2 is 1.79 bits per heavy atom. The number of nitrogens with zero attached hydrogens (tertiary/aromatic N) is 3. The van der Waals surface area contributed by atoms with Gasteiger partial charge in [-0.3, -0.25) is 14.6 Å². The Morgan fingerprint density at radius 3 is 2.42 bits per heavy atom. The maximum absolute atomic E-state index is 13.3. The second-order valence-electron chi connectivity index (χ2n) is 7.78. The van der Waals surface area contributed by atoms with Gasteiger partial charge in [-0.2, -0.15) is 0 Å². The molecule has 1 N–H and O–H groups in total. The number of amides is 4. The average molecular weight is 444 g/mol. The molecule has 0 bridgehead atoms. The Morgan fingerprint density at radius 1 is 1.06 bits per heavy atom. The fourth-order valence-electron chi connectivity index (χ4n) is 3.70. The number of hydrogen-bond donors (Lipinski definition) is 1. The van der Waals surface area contributed by atoms with Crippen LogP contribution in [0, 0.1) is 6.92 Å². The van der Waals surface area contributed by atoms with E-state index in [1.54, 1.807) is 62.0 Å². The minimum absolute atomic E-state index is 0.167. The van der Waals surface area contributed by atoms with E-state index in [1.165, 1.54) is 4.90 Å². The molecule has 8 heteroatoms. The van der Waals surface area contributed by atoms with Crippen LogP contribution in [-0.4, -0.2) is 40.9 Å². The third-order valence-electron chi connectivity index (χ3n) is 5.44. The standard InChI is InChI=1S/C25H24N4O4/c1-17-5-9-20(10-6-17)29-24(31)22(28(25(29)32)16-18-4-3-13-26-15-18)14-23(30)27-19-7-11-21(33-2)12-8-19/h3-13,15,22H,14,16H2,1-2H3,(H,27,30)/t22-/m0/s1. The van der Waals surface area contributed by atoms with Crippen LogP contribution in [-0.2, 0) is 16.1 Å². The van der Waals surface area contributed by atoms with E-state index in [0.29, 0.717) is 17.1 Å². The van der Waals surface area contributed by atoms with Gasteiger partial charge in [0.25, 0.3) is 5.91 Å². The summed E-state index contributed by atoms with van der Waals surface area (Å²) >= 11 is 0. The quantitative estimate of drug-likeness (QED) is 0.560. The molecule has 0 radical (unpaired) electrons. The third kappa shape index (κ3) is 4.85. The Kier molecular flexibility index (Phi) is 6.35. The van der Waals surface area contributed by atoms with Crippen molar-refractivity contribution in [3.8, 4) is 5.75 Å². The lowest BCUT2D eigenvalue weighted by Crippen LogP contribution is -2.37. The number of pyridine rings is 1. The summed E-state index contributed by atoms with van der Waals surface area (Å²) in [6, 6.07) is 16.2. The summed E-state index contributed by atoms with van der Waals surface area (Å²) in [4.78, 5) is 46.1. The zero-order chi connectivity index (χ0) is 23.4. The summed E-state index contributed by atoms with van der Waals surface area (Å²) in [7, 11) is 1.56. The molecule has 1 aliphatic heterocycles. The SMILES string of the molecule is COc1ccc(NC(=O)C[C@H]2C(=O)N(c3ccc(C)cc3)C(=O)N2Cc2cccnc2)cc1. The largest absolute Gasteiger partial charge is 0.497 e. The minimum atomic E-state index is -0.933. The monoisotopic (exact) mass is 444 g/mol. The highest BCUT2D eigenvalue weighted by atomic mass is 16.5. The Balaban J connectivity index is 1.57. The molecular formula is C25H24N4O4. The van der Waals surface area contributed by atoms with Gasteiger partial charge in [-0.1, -0.05) is 23.8 Å². The van der Waals surface area contributed by atoms with E-state index in [-0.39, 0.29) is 18.9 Å². The second-order valence-corrected chi connectivity index (χ2v) is 7.78. The minimum Gasteiger partial charge on any atom is -0.497 e. The van der Waals surface area contributed by atoms with Crippen molar-refractivity contribution in [2.75, 3.05) is 17.3 Å². The summed E-state index contributed by atoms with van der Waals surface area (Å²) in [5.74, 6) is -0.133. The van der Waals surface area contributed by atoms with Crippen molar-refractivity contribution in [2.45, 2.75) is 25.9 Å². The number of imide groups is 1. The molecule has 4 amide bonds. The highest BCUT2D eigenvalue weighted by Gasteiger charge is 2.46. The van der Waals surface area contributed by atoms with Gasteiger partial charge < -0.3 is 15.0 Å². The number of anilines is 2. The van der Waals surface area contributed by atoms with Crippen LogP contribution in [0.1, 0.15) is 17.5 Å². The number of carbonyl (C=O) groups is 3. The fourth-order valence-corrected chi connectivity index (χ4v) is 3.70. The average Bonchev–Trinajstić information content (AvgIpc) is 3.05. The first-order valence-electron chi connectivity index (χ1n) is 10.5. The number of carbonyl (C=O) groups excluding carboxylic acids is 3. The molecule has 4 rings (SSSR count). The van der Waals surface area contributed by atoms with Crippen LogP contribution in [0.5, 0.6) is 5.75 Å². The molecule has 3 aromatic rings. The van der Waals surface area contributed by atoms with Crippen LogP contribution in [0.2, 0.25) is 0 Å². The normalized spacial score (nSPS) is 15.6. The Hall–Kier alpha value is -4.20. The van der Waals surface area contributed by atoms with E-state index < -0.39 is 18.0 Å². The lowest BCUT2D eigenvalue weighted by molar-refractivity contribution is -0.124. The number of ether oxygens (including phenoxy) is 1. The predicted octanol–water partition coefficient (Wildman–Crippen LogP) is 3.76. The van der Waals surface area contributed by atoms with E-state index in [9.17, 15) is 14.4 Å². The van der Waals surface area contributed by atoms with E-state index in [2.05, 4.69) is 10.3 Å². The van der Waals surface area contributed by atoms with Gasteiger partial charge in [0, 0.05) is 24.6 Å². The van der Waals surface area contributed by atoms with Gasteiger partial charge in [-0.25, -0.2) is 9.69 Å². The van der Waals surface area contributed by atoms with Crippen molar-refractivity contribution < 1.29 is 19.1 Å². The first kappa shape index (κ1) is 22.0. The molecule has 0 spiro atoms. The molecule has 1 aromatic heterocycles. The molecule has 1 aliphatic rings. The summed E-state index contributed by atoms with van der Waals surface area (Å²) in [6.45, 7) is 2.10. The lowest BCUT2D eigenvalue weighted by atomic mass is 10.1. The first-order valence-corrected chi connectivity index (χ1v) is 10.5. The first-order chi connectivity index (χ1) is 16.0. The highest BCUT2D eigenvalue weighted by Crippen LogP contribution is 2.29. The molecule has 8 nitrogen and oxygen atoms in total. The smallest absolute Gasteiger partial charge is 0.332 e. The zero-order valence-electron chi connectivity index (χ0n) is 18.4. The number of benzene rings is 2. The van der Waals surface area contributed by atoms with E-state index in [4.69, 9.17) is 4.74 Å². The van der Waals surface area contributed by atoms with E-state index in [0.717, 1.165) is 16.0 Å². The van der Waals surface area contributed by atoms with Gasteiger partial charge >= 0.3 is 6.03 Å². The molecule has 1 atom stereocenters. The van der Waals surface area contributed by atoms with Crippen molar-refractivity contribution in [2.24, 2.45) is 0 Å². The van der Waals surface area contributed by atoms with Crippen molar-refractivity contribution in [1.82, 2.24) is 9.88 Å². The van der Waals surface area contributed by atoms with Crippen LogP contribution in [0.3, 0.4) is 0 Å². The van der Waals surface area contributed by atoms with Crippen molar-refractivity contribution >= 4 is 29.2 Å². The predicted molar refractivity (Wildman–Crippen MR) is 124 cm³/mol. The molecule has 1 saturated heterocycles. The molecule has 0 saturated carbocycles. The summed E-state index contributed by atoms with van der Waals surface area (Å²) < 4.78 is 5.13. The maximum atomic E-state index is 13.3. The van der Waals surface area contributed by atoms with Crippen LogP contribution < -0.4 is 15.0 Å². The lowest BCUT2D eigenvalue weighted by Gasteiger charge is -2.21. The van der Waals surface area contributed by atoms with Crippen LogP contribution in [0.25, 0.3) is 0 Å². The number of methoxy groups -OCH3 is 1. The number of aromatic nitrogens is 1. The second kappa shape index (κ2) is 9.52. The molecule has 33 heavy (non-hydrogen) atoms. The summed E-state index contributed by atoms with van der Waals surface area (Å²) in [6.07, 6.45) is 3.11. The molecule has 0 aliphatic carbocycles. The number of rotatable bonds is 7. The number of hydrogen-bond acceptors (Lipinski definition) is 5. The molecule has 1 fully saturated rings. The van der Waals surface area contributed by atoms with Gasteiger partial charge in [0.2, 0.25) is 5.91 Å². The zero-order valence-corrected chi connectivity index (χ0v) is 18.4. The van der Waals surface area contributed by atoms with E-state index >= 15 is 0 Å². The number of nitrogens with one attached hydrogen (secondary N) is 1. The van der Waals surface area contributed by atoms with Gasteiger partial charge in [0.15, 0.2) is 0 Å². The summed E-state index contributed by atoms with van der Waals surface area (Å²) in [5.41, 5.74) is 2.84. The van der Waals surface area contributed by atoms with Crippen LogP contribution in [0.15, 0.2) is 73.1 Å². The Bertz CT molecular complexity index is 1150. The van der Waals surface area contributed by atoms with Crippen molar-refractivity contribution in [3.05, 3.63) is 84.2 Å². The molecule has 2 aromatic carbocycles. The van der Waals surface area contributed by atoms with Crippen LogP contribution >= 0.6 is 0 Å². The Labute approximate surface area is 191 Å². The maximum Gasteiger partial charge on any atom is 0.332 e. The topological polar surface area (TPSA) is 91.8 Å². The van der Waals surface area contributed by atoms with Gasteiger partial charge in [0.1, 0.15) is 11.8 Å². The van der Waals surface area contributed by atoms with Gasteiger partial charge in [0.05, 0.1) is 19.2 Å². The molecular weight excluding hydrogens is 420 g/mol. The van der Waals surface area contributed by atoms with Crippen molar-refractivity contribution in [1.29, 1.82) is 0 Å². The molecule has 0 unspecified atom stereocenters. The van der Waals surface area contributed by atoms with Gasteiger partial charge in [-0.15, -0.1) is 0 Å². The van der Waals surface area contributed by atoms with E-state index in [1.807, 2.05) is 25.1 Å². The van der Waals surface area contributed by atoms with Crippen LogP contribution in [0.4, 0.5) is 16.2 Å². The summed E-state index contributed by atoms with van der Waals surface area (Å²) in [5, 5.41) is 2.79. The fraction of sp³-hybridized carbons (Fsp3) is 0.200. The number of urea groups is 1. The van der Waals surface area contributed by atoms with Gasteiger partial charge in [-0.05, 0) is 55.0 Å².